The molecule has 1 aromatic carbocycles. The van der Waals surface area contributed by atoms with Crippen molar-refractivity contribution in [2.75, 3.05) is 25.5 Å². The number of amides is 1. The molecule has 1 aliphatic heterocycles. The van der Waals surface area contributed by atoms with E-state index in [0.717, 1.165) is 29.8 Å². The first-order chi connectivity index (χ1) is 14.4. The molecule has 1 fully saturated rings. The van der Waals surface area contributed by atoms with E-state index in [1.807, 2.05) is 38.1 Å². The Hall–Kier alpha value is -2.71. The number of nitrogen functional groups attached to an aromatic ring is 1. The Morgan fingerprint density at radius 1 is 1.23 bits per heavy atom. The number of halogens is 1. The van der Waals surface area contributed by atoms with E-state index in [2.05, 4.69) is 20.4 Å². The molecule has 1 aliphatic rings. The maximum atomic E-state index is 12.9. The van der Waals surface area contributed by atoms with Crippen molar-refractivity contribution in [3.05, 3.63) is 51.8 Å². The van der Waals surface area contributed by atoms with Crippen LogP contribution in [0.4, 0.5) is 5.95 Å². The summed E-state index contributed by atoms with van der Waals surface area (Å²) in [5.74, 6) is 0.543. The smallest absolute Gasteiger partial charge is 0.254 e. The van der Waals surface area contributed by atoms with Crippen molar-refractivity contribution in [3.8, 4) is 0 Å². The molecule has 0 aliphatic carbocycles. The highest BCUT2D eigenvalue weighted by molar-refractivity contribution is 6.30. The maximum Gasteiger partial charge on any atom is 0.254 e. The lowest BCUT2D eigenvalue weighted by atomic mass is 9.74. The van der Waals surface area contributed by atoms with Gasteiger partial charge in [-0.25, -0.2) is 4.98 Å². The second-order valence-electron chi connectivity index (χ2n) is 7.80. The first-order valence-electron chi connectivity index (χ1n) is 9.97. The minimum absolute atomic E-state index is 0.0599. The van der Waals surface area contributed by atoms with E-state index in [0.29, 0.717) is 30.6 Å². The quantitative estimate of drug-likeness (QED) is 0.646. The third-order valence-corrected chi connectivity index (χ3v) is 6.19. The number of nitrogens with zero attached hydrogens (tertiary/aromatic N) is 4. The van der Waals surface area contributed by atoms with Gasteiger partial charge in [0.2, 0.25) is 11.9 Å². The number of carbonyl (C=O) groups excluding carboxylic acids is 1. The SMILES string of the molecule is Cc1nc2nc(N)nn2c(C)c1CC(=O)NCC1(c2ccc(Cl)cc2)CCOCC1. The average molecular weight is 429 g/mol. The molecule has 30 heavy (non-hydrogen) atoms. The van der Waals surface area contributed by atoms with Crippen LogP contribution in [0.25, 0.3) is 5.78 Å². The number of carbonyl (C=O) groups is 1. The number of benzene rings is 1. The first kappa shape index (κ1) is 20.6. The van der Waals surface area contributed by atoms with E-state index in [1.54, 1.807) is 4.52 Å². The molecule has 9 heteroatoms. The van der Waals surface area contributed by atoms with E-state index in [-0.39, 0.29) is 23.7 Å². The van der Waals surface area contributed by atoms with Crippen molar-refractivity contribution in [2.45, 2.75) is 38.5 Å². The van der Waals surface area contributed by atoms with Gasteiger partial charge in [0.05, 0.1) is 6.42 Å². The number of nitrogens with two attached hydrogens (primary N) is 1. The number of rotatable bonds is 5. The number of hydrogen-bond acceptors (Lipinski definition) is 6. The Bertz CT molecular complexity index is 1070. The summed E-state index contributed by atoms with van der Waals surface area (Å²) >= 11 is 6.07. The fourth-order valence-corrected chi connectivity index (χ4v) is 4.23. The third kappa shape index (κ3) is 3.97. The number of hydrogen-bond donors (Lipinski definition) is 2. The molecule has 158 valence electrons. The summed E-state index contributed by atoms with van der Waals surface area (Å²) in [4.78, 5) is 21.4. The molecule has 3 aromatic rings. The highest BCUT2D eigenvalue weighted by Gasteiger charge is 2.35. The lowest BCUT2D eigenvalue weighted by molar-refractivity contribution is -0.121. The van der Waals surface area contributed by atoms with Crippen molar-refractivity contribution in [3.63, 3.8) is 0 Å². The molecule has 8 nitrogen and oxygen atoms in total. The van der Waals surface area contributed by atoms with Gasteiger partial charge in [0.25, 0.3) is 5.78 Å². The molecule has 4 rings (SSSR count). The number of fused-ring (bicyclic) bond motifs is 1. The van der Waals surface area contributed by atoms with Crippen LogP contribution in [0.2, 0.25) is 5.02 Å². The van der Waals surface area contributed by atoms with Gasteiger partial charge >= 0.3 is 0 Å². The van der Waals surface area contributed by atoms with Crippen molar-refractivity contribution in [2.24, 2.45) is 0 Å². The largest absolute Gasteiger partial charge is 0.381 e. The van der Waals surface area contributed by atoms with Gasteiger partial charge in [0.1, 0.15) is 0 Å². The van der Waals surface area contributed by atoms with Crippen LogP contribution in [-0.2, 0) is 21.4 Å². The van der Waals surface area contributed by atoms with E-state index in [1.165, 1.54) is 5.56 Å². The monoisotopic (exact) mass is 428 g/mol. The predicted molar refractivity (Wildman–Crippen MR) is 115 cm³/mol. The summed E-state index contributed by atoms with van der Waals surface area (Å²) in [6.07, 6.45) is 1.91. The molecule has 2 aromatic heterocycles. The molecule has 0 saturated carbocycles. The van der Waals surface area contributed by atoms with Crippen LogP contribution >= 0.6 is 11.6 Å². The van der Waals surface area contributed by atoms with Crippen LogP contribution < -0.4 is 11.1 Å². The Labute approximate surface area is 179 Å². The topological polar surface area (TPSA) is 107 Å². The van der Waals surface area contributed by atoms with Crippen LogP contribution in [0.3, 0.4) is 0 Å². The van der Waals surface area contributed by atoms with E-state index < -0.39 is 0 Å². The Morgan fingerprint density at radius 3 is 2.63 bits per heavy atom. The Balaban J connectivity index is 1.52. The second-order valence-corrected chi connectivity index (χ2v) is 8.23. The zero-order valence-electron chi connectivity index (χ0n) is 17.1. The number of ether oxygens (including phenoxy) is 1. The molecule has 0 atom stereocenters. The van der Waals surface area contributed by atoms with Crippen LogP contribution in [0, 0.1) is 13.8 Å². The number of anilines is 1. The normalized spacial score (nSPS) is 16.0. The van der Waals surface area contributed by atoms with Crippen LogP contribution in [0.15, 0.2) is 24.3 Å². The number of nitrogens with one attached hydrogen (secondary N) is 1. The summed E-state index contributed by atoms with van der Waals surface area (Å²) in [5.41, 5.74) is 9.10. The molecular formula is C21H25ClN6O2. The predicted octanol–water partition coefficient (Wildman–Crippen LogP) is 2.38. The summed E-state index contributed by atoms with van der Waals surface area (Å²) in [7, 11) is 0. The molecule has 0 radical (unpaired) electrons. The third-order valence-electron chi connectivity index (χ3n) is 5.93. The van der Waals surface area contributed by atoms with Gasteiger partial charge in [-0.05, 0) is 44.4 Å². The fourth-order valence-electron chi connectivity index (χ4n) is 4.10. The van der Waals surface area contributed by atoms with Crippen LogP contribution in [0.1, 0.15) is 35.4 Å². The zero-order valence-corrected chi connectivity index (χ0v) is 17.9. The van der Waals surface area contributed by atoms with Gasteiger partial charge in [-0.2, -0.15) is 9.50 Å². The van der Waals surface area contributed by atoms with Gasteiger partial charge in [-0.1, -0.05) is 23.7 Å². The van der Waals surface area contributed by atoms with E-state index in [4.69, 9.17) is 22.1 Å². The Kier molecular flexibility index (Phi) is 5.62. The van der Waals surface area contributed by atoms with Crippen LogP contribution in [0.5, 0.6) is 0 Å². The Morgan fingerprint density at radius 2 is 1.93 bits per heavy atom. The van der Waals surface area contributed by atoms with Crippen molar-refractivity contribution >= 4 is 29.2 Å². The summed E-state index contributed by atoms with van der Waals surface area (Å²) in [6, 6.07) is 7.88. The molecule has 0 unspecified atom stereocenters. The highest BCUT2D eigenvalue weighted by Crippen LogP contribution is 2.35. The minimum atomic E-state index is -0.162. The first-order valence-corrected chi connectivity index (χ1v) is 10.3. The van der Waals surface area contributed by atoms with Gasteiger partial charge in [-0.15, -0.1) is 5.10 Å². The van der Waals surface area contributed by atoms with Gasteiger partial charge in [0, 0.05) is 47.1 Å². The van der Waals surface area contributed by atoms with Gasteiger partial charge in [-0.3, -0.25) is 4.79 Å². The van der Waals surface area contributed by atoms with Gasteiger partial charge in [0.15, 0.2) is 0 Å². The fraction of sp³-hybridized carbons (Fsp3) is 0.429. The average Bonchev–Trinajstić information content (AvgIpc) is 3.11. The number of aryl methyl sites for hydroxylation is 2. The summed E-state index contributed by atoms with van der Waals surface area (Å²) in [6.45, 7) is 5.65. The molecule has 0 spiro atoms. The van der Waals surface area contributed by atoms with Crippen molar-refractivity contribution < 1.29 is 9.53 Å². The molecule has 1 saturated heterocycles. The van der Waals surface area contributed by atoms with Crippen molar-refractivity contribution in [1.29, 1.82) is 0 Å². The van der Waals surface area contributed by atoms with Gasteiger partial charge < -0.3 is 15.8 Å². The molecule has 0 bridgehead atoms. The molecule has 1 amide bonds. The minimum Gasteiger partial charge on any atom is -0.381 e. The number of aromatic nitrogens is 4. The standard InChI is InChI=1S/C21H25ClN6O2/c1-13-17(14(2)28-20(25-13)26-19(23)27-28)11-18(29)24-12-21(7-9-30-10-8-21)15-3-5-16(22)6-4-15/h3-6H,7-12H2,1-2H3,(H2,23,27)(H,24,29). The van der Waals surface area contributed by atoms with E-state index >= 15 is 0 Å². The van der Waals surface area contributed by atoms with E-state index in [9.17, 15) is 4.79 Å². The summed E-state index contributed by atoms with van der Waals surface area (Å²) < 4.78 is 7.16. The summed E-state index contributed by atoms with van der Waals surface area (Å²) in [5, 5.41) is 8.00. The molecule has 3 N–H and O–H groups in total. The zero-order chi connectivity index (χ0) is 21.3. The van der Waals surface area contributed by atoms with Crippen molar-refractivity contribution in [1.82, 2.24) is 24.9 Å². The lowest BCUT2D eigenvalue weighted by Gasteiger charge is -2.38. The lowest BCUT2D eigenvalue weighted by Crippen LogP contribution is -2.45. The second kappa shape index (κ2) is 8.20. The molecular weight excluding hydrogens is 404 g/mol. The molecule has 3 heterocycles. The highest BCUT2D eigenvalue weighted by atomic mass is 35.5. The maximum absolute atomic E-state index is 12.9. The van der Waals surface area contributed by atoms with Crippen LogP contribution in [-0.4, -0.2) is 45.2 Å².